The summed E-state index contributed by atoms with van der Waals surface area (Å²) in [7, 11) is 0. The first kappa shape index (κ1) is 15.5. The molecule has 0 saturated heterocycles. The highest BCUT2D eigenvalue weighted by molar-refractivity contribution is 5.94. The third-order valence-electron chi connectivity index (χ3n) is 3.06. The molecule has 0 fully saturated rings. The molecule has 0 unspecified atom stereocenters. The van der Waals surface area contributed by atoms with Crippen molar-refractivity contribution in [3.8, 4) is 0 Å². The average Bonchev–Trinajstić information content (AvgIpc) is 2.36. The Morgan fingerprint density at radius 2 is 2.00 bits per heavy atom. The molecule has 0 aliphatic carbocycles. The first-order valence-electron chi connectivity index (χ1n) is 7.17. The topological polar surface area (TPSA) is 41.1 Å². The summed E-state index contributed by atoms with van der Waals surface area (Å²) in [5.41, 5.74) is 2.97. The summed E-state index contributed by atoms with van der Waals surface area (Å²) >= 11 is 0. The molecule has 0 heterocycles. The van der Waals surface area contributed by atoms with E-state index in [4.69, 9.17) is 0 Å². The Balaban J connectivity index is 2.59. The molecule has 0 aliphatic rings. The zero-order valence-corrected chi connectivity index (χ0v) is 12.5. The van der Waals surface area contributed by atoms with E-state index in [1.54, 1.807) is 0 Å². The fourth-order valence-corrected chi connectivity index (χ4v) is 1.84. The van der Waals surface area contributed by atoms with E-state index < -0.39 is 0 Å². The molecular formula is C16H26N2O. The minimum atomic E-state index is 0.0193. The van der Waals surface area contributed by atoms with E-state index in [0.29, 0.717) is 5.92 Å². The normalized spacial score (nSPS) is 10.6. The maximum Gasteiger partial charge on any atom is 0.251 e. The smallest absolute Gasteiger partial charge is 0.251 e. The van der Waals surface area contributed by atoms with Crippen LogP contribution in [0.4, 0.5) is 5.69 Å². The number of anilines is 1. The Labute approximate surface area is 116 Å². The van der Waals surface area contributed by atoms with Gasteiger partial charge in [0.2, 0.25) is 0 Å². The van der Waals surface area contributed by atoms with Gasteiger partial charge in [0, 0.05) is 24.3 Å². The van der Waals surface area contributed by atoms with Crippen LogP contribution in [0, 0.1) is 12.8 Å². The van der Waals surface area contributed by atoms with Crippen molar-refractivity contribution in [3.05, 3.63) is 29.3 Å². The Morgan fingerprint density at radius 3 is 2.58 bits per heavy atom. The fraction of sp³-hybridized carbons (Fsp3) is 0.562. The van der Waals surface area contributed by atoms with Crippen molar-refractivity contribution in [1.82, 2.24) is 5.32 Å². The first-order valence-corrected chi connectivity index (χ1v) is 7.17. The third-order valence-corrected chi connectivity index (χ3v) is 3.06. The number of carbonyl (C=O) groups is 1. The van der Waals surface area contributed by atoms with E-state index in [2.05, 4.69) is 31.4 Å². The third kappa shape index (κ3) is 5.33. The summed E-state index contributed by atoms with van der Waals surface area (Å²) in [6, 6.07) is 5.82. The lowest BCUT2D eigenvalue weighted by atomic mass is 10.1. The molecule has 106 valence electrons. The number of carbonyl (C=O) groups excluding carboxylic acids is 1. The molecule has 2 N–H and O–H groups in total. The van der Waals surface area contributed by atoms with Crippen LogP contribution in [0.2, 0.25) is 0 Å². The monoisotopic (exact) mass is 262 g/mol. The van der Waals surface area contributed by atoms with Crippen molar-refractivity contribution in [1.29, 1.82) is 0 Å². The second-order valence-corrected chi connectivity index (χ2v) is 5.39. The highest BCUT2D eigenvalue weighted by Gasteiger charge is 2.07. The molecule has 1 rings (SSSR count). The van der Waals surface area contributed by atoms with Crippen LogP contribution in [0.15, 0.2) is 18.2 Å². The SMILES string of the molecule is CCCNc1ccc(C(=O)NCCC(C)C)cc1C. The fourth-order valence-electron chi connectivity index (χ4n) is 1.84. The molecule has 3 heteroatoms. The highest BCUT2D eigenvalue weighted by Crippen LogP contribution is 2.16. The van der Waals surface area contributed by atoms with Crippen molar-refractivity contribution in [2.45, 2.75) is 40.5 Å². The average molecular weight is 262 g/mol. The summed E-state index contributed by atoms with van der Waals surface area (Å²) in [4.78, 5) is 12.0. The largest absolute Gasteiger partial charge is 0.385 e. The van der Waals surface area contributed by atoms with Gasteiger partial charge in [-0.15, -0.1) is 0 Å². The van der Waals surface area contributed by atoms with Crippen LogP contribution in [-0.2, 0) is 0 Å². The molecular weight excluding hydrogens is 236 g/mol. The molecule has 0 bridgehead atoms. The van der Waals surface area contributed by atoms with Crippen molar-refractivity contribution in [2.24, 2.45) is 5.92 Å². The van der Waals surface area contributed by atoms with Gasteiger partial charge in [0.05, 0.1) is 0 Å². The molecule has 0 aromatic heterocycles. The van der Waals surface area contributed by atoms with E-state index in [1.807, 2.05) is 25.1 Å². The van der Waals surface area contributed by atoms with Crippen molar-refractivity contribution < 1.29 is 4.79 Å². The second kappa shape index (κ2) is 7.82. The van der Waals surface area contributed by atoms with E-state index >= 15 is 0 Å². The van der Waals surface area contributed by atoms with E-state index in [9.17, 15) is 4.79 Å². The lowest BCUT2D eigenvalue weighted by molar-refractivity contribution is 0.0952. The van der Waals surface area contributed by atoms with E-state index in [0.717, 1.165) is 42.7 Å². The minimum absolute atomic E-state index is 0.0193. The molecule has 0 radical (unpaired) electrons. The van der Waals surface area contributed by atoms with Gasteiger partial charge in [-0.05, 0) is 49.4 Å². The van der Waals surface area contributed by atoms with Crippen LogP contribution in [0.25, 0.3) is 0 Å². The second-order valence-electron chi connectivity index (χ2n) is 5.39. The number of benzene rings is 1. The van der Waals surface area contributed by atoms with Gasteiger partial charge in [0.15, 0.2) is 0 Å². The van der Waals surface area contributed by atoms with Crippen LogP contribution in [0.3, 0.4) is 0 Å². The Kier molecular flexibility index (Phi) is 6.40. The van der Waals surface area contributed by atoms with E-state index in [-0.39, 0.29) is 5.91 Å². The Hall–Kier alpha value is -1.51. The quantitative estimate of drug-likeness (QED) is 0.788. The van der Waals surface area contributed by atoms with Gasteiger partial charge in [0.25, 0.3) is 5.91 Å². The van der Waals surface area contributed by atoms with Crippen molar-refractivity contribution in [2.75, 3.05) is 18.4 Å². The summed E-state index contributed by atoms with van der Waals surface area (Å²) in [6.07, 6.45) is 2.11. The maximum atomic E-state index is 12.0. The van der Waals surface area contributed by atoms with Gasteiger partial charge in [0.1, 0.15) is 0 Å². The zero-order chi connectivity index (χ0) is 14.3. The minimum Gasteiger partial charge on any atom is -0.385 e. The van der Waals surface area contributed by atoms with Crippen LogP contribution in [0.5, 0.6) is 0 Å². The van der Waals surface area contributed by atoms with Gasteiger partial charge in [-0.2, -0.15) is 0 Å². The van der Waals surface area contributed by atoms with Gasteiger partial charge >= 0.3 is 0 Å². The van der Waals surface area contributed by atoms with E-state index in [1.165, 1.54) is 0 Å². The predicted molar refractivity (Wildman–Crippen MR) is 81.7 cm³/mol. The molecule has 0 aliphatic heterocycles. The van der Waals surface area contributed by atoms with Gasteiger partial charge < -0.3 is 10.6 Å². The summed E-state index contributed by atoms with van der Waals surface area (Å²) in [6.45, 7) is 10.2. The van der Waals surface area contributed by atoms with Crippen LogP contribution < -0.4 is 10.6 Å². The molecule has 0 atom stereocenters. The highest BCUT2D eigenvalue weighted by atomic mass is 16.1. The predicted octanol–water partition coefficient (Wildman–Crippen LogP) is 3.59. The molecule has 3 nitrogen and oxygen atoms in total. The van der Waals surface area contributed by atoms with Crippen molar-refractivity contribution in [3.63, 3.8) is 0 Å². The molecule has 0 saturated carbocycles. The Bertz CT molecular complexity index is 413. The number of amides is 1. The summed E-state index contributed by atoms with van der Waals surface area (Å²) in [5, 5.41) is 6.32. The molecule has 1 aromatic rings. The van der Waals surface area contributed by atoms with Crippen LogP contribution in [-0.4, -0.2) is 19.0 Å². The first-order chi connectivity index (χ1) is 9.04. The van der Waals surface area contributed by atoms with Crippen LogP contribution in [0.1, 0.15) is 49.5 Å². The zero-order valence-electron chi connectivity index (χ0n) is 12.5. The summed E-state index contributed by atoms with van der Waals surface area (Å²) < 4.78 is 0. The molecule has 19 heavy (non-hydrogen) atoms. The van der Waals surface area contributed by atoms with Gasteiger partial charge in [-0.25, -0.2) is 0 Å². The lowest BCUT2D eigenvalue weighted by Crippen LogP contribution is -2.25. The lowest BCUT2D eigenvalue weighted by Gasteiger charge is -2.11. The number of nitrogens with one attached hydrogen (secondary N) is 2. The summed E-state index contributed by atoms with van der Waals surface area (Å²) in [5.74, 6) is 0.633. The number of hydrogen-bond acceptors (Lipinski definition) is 2. The van der Waals surface area contributed by atoms with Gasteiger partial charge in [-0.3, -0.25) is 4.79 Å². The number of rotatable bonds is 7. The van der Waals surface area contributed by atoms with Crippen LogP contribution >= 0.6 is 0 Å². The van der Waals surface area contributed by atoms with Crippen molar-refractivity contribution >= 4 is 11.6 Å². The maximum absolute atomic E-state index is 12.0. The molecule has 0 spiro atoms. The molecule has 1 aromatic carbocycles. The standard InChI is InChI=1S/C16H26N2O/c1-5-9-17-15-7-6-14(11-13(15)4)16(19)18-10-8-12(2)3/h6-7,11-12,17H,5,8-10H2,1-4H3,(H,18,19). The molecule has 1 amide bonds. The Morgan fingerprint density at radius 1 is 1.26 bits per heavy atom. The number of hydrogen-bond donors (Lipinski definition) is 2. The van der Waals surface area contributed by atoms with Gasteiger partial charge in [-0.1, -0.05) is 20.8 Å². The number of aryl methyl sites for hydroxylation is 1.